The summed E-state index contributed by atoms with van der Waals surface area (Å²) < 4.78 is 6.04. The molecule has 1 aromatic carbocycles. The summed E-state index contributed by atoms with van der Waals surface area (Å²) in [6.45, 7) is 3.61. The Balaban J connectivity index is 2.49. The van der Waals surface area contributed by atoms with Gasteiger partial charge in [-0.05, 0) is 19.9 Å². The van der Waals surface area contributed by atoms with Crippen LogP contribution in [0.5, 0.6) is 0 Å². The molecule has 0 amide bonds. The number of hydrogen-bond acceptors (Lipinski definition) is 4. The van der Waals surface area contributed by atoms with Crippen molar-refractivity contribution >= 4 is 16.7 Å². The normalized spacial score (nSPS) is 12.3. The lowest BCUT2D eigenvalue weighted by Crippen LogP contribution is -2.31. The molecular formula is C13H14N2O3. The molecule has 5 heteroatoms. The molecule has 1 heterocycles. The minimum atomic E-state index is -0.720. The molecule has 2 aromatic rings. The fourth-order valence-corrected chi connectivity index (χ4v) is 1.74. The molecule has 0 aliphatic heterocycles. The lowest BCUT2D eigenvalue weighted by atomic mass is 10.2. The Kier molecular flexibility index (Phi) is 3.41. The van der Waals surface area contributed by atoms with E-state index < -0.39 is 12.0 Å². The molecule has 1 aromatic heterocycles. The van der Waals surface area contributed by atoms with Gasteiger partial charge in [-0.3, -0.25) is 4.79 Å². The Labute approximate surface area is 104 Å². The maximum absolute atomic E-state index is 12.2. The van der Waals surface area contributed by atoms with E-state index in [9.17, 15) is 9.59 Å². The van der Waals surface area contributed by atoms with Crippen LogP contribution in [0.15, 0.2) is 35.3 Å². The zero-order valence-corrected chi connectivity index (χ0v) is 10.3. The first-order valence-corrected chi connectivity index (χ1v) is 5.78. The van der Waals surface area contributed by atoms with E-state index in [0.717, 1.165) is 10.1 Å². The number of hydrogen-bond donors (Lipinski definition) is 0. The van der Waals surface area contributed by atoms with Crippen LogP contribution in [0, 0.1) is 0 Å². The van der Waals surface area contributed by atoms with Gasteiger partial charge >= 0.3 is 5.97 Å². The Morgan fingerprint density at radius 3 is 2.89 bits per heavy atom. The first kappa shape index (κ1) is 12.3. The van der Waals surface area contributed by atoms with Crippen LogP contribution in [0.4, 0.5) is 0 Å². The highest BCUT2D eigenvalue weighted by Crippen LogP contribution is 2.09. The molecule has 94 valence electrons. The average molecular weight is 246 g/mol. The average Bonchev–Trinajstić information content (AvgIpc) is 2.39. The van der Waals surface area contributed by atoms with Crippen molar-refractivity contribution in [3.8, 4) is 0 Å². The van der Waals surface area contributed by atoms with Gasteiger partial charge in [-0.25, -0.2) is 9.48 Å². The van der Waals surface area contributed by atoms with Gasteiger partial charge < -0.3 is 4.74 Å². The van der Waals surface area contributed by atoms with Crippen molar-refractivity contribution in [3.05, 3.63) is 40.8 Å². The van der Waals surface area contributed by atoms with E-state index in [0.29, 0.717) is 5.39 Å². The van der Waals surface area contributed by atoms with Crippen LogP contribution < -0.4 is 5.56 Å². The SMILES string of the molecule is CCOC(=O)[C@@H](C)n1ncc2ccccc2c1=O. The van der Waals surface area contributed by atoms with Gasteiger partial charge in [-0.1, -0.05) is 18.2 Å². The van der Waals surface area contributed by atoms with E-state index >= 15 is 0 Å². The summed E-state index contributed by atoms with van der Waals surface area (Å²) in [4.78, 5) is 23.8. The quantitative estimate of drug-likeness (QED) is 0.770. The lowest BCUT2D eigenvalue weighted by molar-refractivity contribution is -0.147. The second kappa shape index (κ2) is 5.00. The second-order valence-electron chi connectivity index (χ2n) is 3.91. The van der Waals surface area contributed by atoms with Crippen LogP contribution in [0.25, 0.3) is 10.8 Å². The van der Waals surface area contributed by atoms with E-state index in [-0.39, 0.29) is 12.2 Å². The molecule has 0 spiro atoms. The number of carbonyl (C=O) groups excluding carboxylic acids is 1. The van der Waals surface area contributed by atoms with Crippen LogP contribution in [0.2, 0.25) is 0 Å². The van der Waals surface area contributed by atoms with E-state index in [1.807, 2.05) is 12.1 Å². The van der Waals surface area contributed by atoms with Crippen molar-refractivity contribution in [2.45, 2.75) is 19.9 Å². The zero-order valence-electron chi connectivity index (χ0n) is 10.3. The highest BCUT2D eigenvalue weighted by atomic mass is 16.5. The highest BCUT2D eigenvalue weighted by molar-refractivity contribution is 5.81. The van der Waals surface area contributed by atoms with Crippen molar-refractivity contribution in [2.75, 3.05) is 6.61 Å². The topological polar surface area (TPSA) is 61.2 Å². The lowest BCUT2D eigenvalue weighted by Gasteiger charge is -2.12. The second-order valence-corrected chi connectivity index (χ2v) is 3.91. The van der Waals surface area contributed by atoms with E-state index in [2.05, 4.69) is 5.10 Å². The highest BCUT2D eigenvalue weighted by Gasteiger charge is 2.19. The molecule has 0 aliphatic carbocycles. The van der Waals surface area contributed by atoms with Gasteiger partial charge in [0.25, 0.3) is 5.56 Å². The molecule has 0 unspecified atom stereocenters. The Morgan fingerprint density at radius 1 is 1.44 bits per heavy atom. The monoisotopic (exact) mass is 246 g/mol. The number of ether oxygens (including phenoxy) is 1. The molecule has 0 bridgehead atoms. The van der Waals surface area contributed by atoms with Gasteiger partial charge in [-0.15, -0.1) is 0 Å². The Hall–Kier alpha value is -2.17. The number of carbonyl (C=O) groups is 1. The van der Waals surface area contributed by atoms with Crippen molar-refractivity contribution in [1.82, 2.24) is 9.78 Å². The molecule has 5 nitrogen and oxygen atoms in total. The van der Waals surface area contributed by atoms with E-state index in [1.54, 1.807) is 32.2 Å². The Bertz CT molecular complexity index is 633. The third kappa shape index (κ3) is 2.11. The molecular weight excluding hydrogens is 232 g/mol. The summed E-state index contributed by atoms with van der Waals surface area (Å²) in [5.74, 6) is -0.456. The summed E-state index contributed by atoms with van der Waals surface area (Å²) in [6, 6.07) is 6.42. The van der Waals surface area contributed by atoms with Crippen molar-refractivity contribution in [1.29, 1.82) is 0 Å². The Morgan fingerprint density at radius 2 is 2.17 bits per heavy atom. The van der Waals surface area contributed by atoms with E-state index in [4.69, 9.17) is 4.74 Å². The molecule has 0 aliphatic rings. The van der Waals surface area contributed by atoms with Gasteiger partial charge in [0.2, 0.25) is 0 Å². The predicted molar refractivity (Wildman–Crippen MR) is 67.3 cm³/mol. The summed E-state index contributed by atoms with van der Waals surface area (Å²) in [5, 5.41) is 5.32. The number of nitrogens with zero attached hydrogens (tertiary/aromatic N) is 2. The van der Waals surface area contributed by atoms with Gasteiger partial charge in [0.1, 0.15) is 0 Å². The van der Waals surface area contributed by atoms with Gasteiger partial charge in [0, 0.05) is 5.39 Å². The van der Waals surface area contributed by atoms with Crippen molar-refractivity contribution in [3.63, 3.8) is 0 Å². The molecule has 0 fully saturated rings. The summed E-state index contributed by atoms with van der Waals surface area (Å²) in [7, 11) is 0. The zero-order chi connectivity index (χ0) is 13.1. The largest absolute Gasteiger partial charge is 0.464 e. The minimum absolute atomic E-state index is 0.283. The fourth-order valence-electron chi connectivity index (χ4n) is 1.74. The minimum Gasteiger partial charge on any atom is -0.464 e. The third-order valence-electron chi connectivity index (χ3n) is 2.72. The van der Waals surface area contributed by atoms with Gasteiger partial charge in [0.05, 0.1) is 18.2 Å². The number of rotatable bonds is 3. The van der Waals surface area contributed by atoms with Crippen LogP contribution in [0.1, 0.15) is 19.9 Å². The maximum atomic E-state index is 12.2. The number of fused-ring (bicyclic) bond motifs is 1. The molecule has 0 saturated carbocycles. The van der Waals surface area contributed by atoms with Gasteiger partial charge in [-0.2, -0.15) is 5.10 Å². The number of aromatic nitrogens is 2. The predicted octanol–water partition coefficient (Wildman–Crippen LogP) is 1.52. The van der Waals surface area contributed by atoms with Crippen LogP contribution >= 0.6 is 0 Å². The van der Waals surface area contributed by atoms with Crippen LogP contribution in [-0.4, -0.2) is 22.4 Å². The summed E-state index contributed by atoms with van der Waals surface area (Å²) in [5.41, 5.74) is -0.284. The molecule has 1 atom stereocenters. The third-order valence-corrected chi connectivity index (χ3v) is 2.72. The smallest absolute Gasteiger partial charge is 0.330 e. The van der Waals surface area contributed by atoms with Crippen molar-refractivity contribution < 1.29 is 9.53 Å². The first-order valence-electron chi connectivity index (χ1n) is 5.78. The van der Waals surface area contributed by atoms with Gasteiger partial charge in [0.15, 0.2) is 6.04 Å². The number of benzene rings is 1. The fraction of sp³-hybridized carbons (Fsp3) is 0.308. The standard InChI is InChI=1S/C13H14N2O3/c1-3-18-13(17)9(2)15-12(16)11-7-5-4-6-10(11)8-14-15/h4-9H,3H2,1-2H3/t9-/m1/s1. The van der Waals surface area contributed by atoms with Crippen LogP contribution in [-0.2, 0) is 9.53 Å². The molecule has 0 N–H and O–H groups in total. The number of esters is 1. The van der Waals surface area contributed by atoms with Crippen LogP contribution in [0.3, 0.4) is 0 Å². The molecule has 0 radical (unpaired) electrons. The molecule has 18 heavy (non-hydrogen) atoms. The maximum Gasteiger partial charge on any atom is 0.330 e. The summed E-state index contributed by atoms with van der Waals surface area (Å²) in [6.07, 6.45) is 1.58. The first-order chi connectivity index (χ1) is 8.65. The van der Waals surface area contributed by atoms with E-state index in [1.165, 1.54) is 0 Å². The molecule has 0 saturated heterocycles. The van der Waals surface area contributed by atoms with Crippen molar-refractivity contribution in [2.24, 2.45) is 0 Å². The molecule has 2 rings (SSSR count). The summed E-state index contributed by atoms with van der Waals surface area (Å²) >= 11 is 0.